The normalized spacial score (nSPS) is 13.5. The number of ether oxygens (including phenoxy) is 2. The summed E-state index contributed by atoms with van der Waals surface area (Å²) in [6.07, 6.45) is 35.4. The number of carbonyl (C=O) groups is 2. The number of rotatable bonds is 36. The zero-order valence-electron chi connectivity index (χ0n) is 30.7. The van der Waals surface area contributed by atoms with Crippen molar-refractivity contribution in [2.75, 3.05) is 20.3 Å². The van der Waals surface area contributed by atoms with Gasteiger partial charge in [-0.15, -0.1) is 0 Å². The molecule has 1 N–H and O–H groups in total. The van der Waals surface area contributed by atoms with E-state index < -0.39 is 26.5 Å². The number of carbonyl (C=O) groups excluding carboxylic acids is 2. The molecule has 0 aromatic carbocycles. The van der Waals surface area contributed by atoms with E-state index in [0.29, 0.717) is 12.8 Å². The van der Waals surface area contributed by atoms with Crippen LogP contribution in [0.4, 0.5) is 0 Å². The molecule has 0 aliphatic carbocycles. The van der Waals surface area contributed by atoms with Gasteiger partial charge in [-0.1, -0.05) is 154 Å². The standard InChI is InChI=1S/C38H73O8P/c1-4-6-8-10-12-14-16-18-19-21-23-25-27-29-31-33-38(40)46-36(35-45-47(41,42)43-3)34-44-37(39)32-30-28-26-24-22-20-17-15-13-11-9-7-5-2/h18-19,36H,4-17,20-35H2,1-3H3,(H,41,42). The Labute approximate surface area is 289 Å². The molecule has 0 aliphatic heterocycles. The minimum absolute atomic E-state index is 0.223. The highest BCUT2D eigenvalue weighted by atomic mass is 31.2. The van der Waals surface area contributed by atoms with Crippen LogP contribution < -0.4 is 0 Å². The van der Waals surface area contributed by atoms with Gasteiger partial charge in [0.2, 0.25) is 0 Å². The highest BCUT2D eigenvalue weighted by Crippen LogP contribution is 2.42. The molecule has 0 saturated carbocycles. The Balaban J connectivity index is 4.04. The maximum atomic E-state index is 12.4. The molecule has 8 nitrogen and oxygen atoms in total. The molecule has 0 aliphatic rings. The van der Waals surface area contributed by atoms with Crippen molar-refractivity contribution in [2.24, 2.45) is 0 Å². The number of phosphoric ester groups is 1. The van der Waals surface area contributed by atoms with Crippen molar-refractivity contribution >= 4 is 19.8 Å². The van der Waals surface area contributed by atoms with Gasteiger partial charge in [0.1, 0.15) is 6.61 Å². The highest BCUT2D eigenvalue weighted by Gasteiger charge is 2.24. The van der Waals surface area contributed by atoms with Gasteiger partial charge >= 0.3 is 19.8 Å². The SMILES string of the molecule is CCCCCCCCC=CCCCCCCCC(=O)OC(COC(=O)CCCCCCCCCCCCCCC)COP(=O)(O)OC. The molecule has 0 aromatic heterocycles. The Morgan fingerprint density at radius 3 is 1.38 bits per heavy atom. The summed E-state index contributed by atoms with van der Waals surface area (Å²) in [4.78, 5) is 34.3. The molecule has 0 aromatic rings. The zero-order chi connectivity index (χ0) is 34.7. The van der Waals surface area contributed by atoms with Crippen LogP contribution in [0.1, 0.15) is 194 Å². The third-order valence-corrected chi connectivity index (χ3v) is 9.45. The van der Waals surface area contributed by atoms with Gasteiger partial charge in [-0.25, -0.2) is 4.57 Å². The van der Waals surface area contributed by atoms with E-state index in [9.17, 15) is 19.0 Å². The van der Waals surface area contributed by atoms with Gasteiger partial charge in [-0.2, -0.15) is 0 Å². The van der Waals surface area contributed by atoms with E-state index in [-0.39, 0.29) is 19.0 Å². The van der Waals surface area contributed by atoms with Crippen molar-refractivity contribution < 1.29 is 37.6 Å². The number of hydrogen-bond donors (Lipinski definition) is 1. The predicted octanol–water partition coefficient (Wildman–Crippen LogP) is 11.7. The number of unbranched alkanes of at least 4 members (excludes halogenated alkanes) is 23. The van der Waals surface area contributed by atoms with Crippen molar-refractivity contribution in [3.05, 3.63) is 12.2 Å². The summed E-state index contributed by atoms with van der Waals surface area (Å²) in [6.45, 7) is 3.88. The number of phosphoric acid groups is 1. The fourth-order valence-electron chi connectivity index (χ4n) is 5.48. The van der Waals surface area contributed by atoms with Crippen LogP contribution in [0, 0.1) is 0 Å². The van der Waals surface area contributed by atoms with Gasteiger partial charge in [-0.3, -0.25) is 18.6 Å². The molecular weight excluding hydrogens is 615 g/mol. The summed E-state index contributed by atoms with van der Waals surface area (Å²) in [7, 11) is -3.19. The third kappa shape index (κ3) is 34.5. The first-order valence-electron chi connectivity index (χ1n) is 19.4. The lowest BCUT2D eigenvalue weighted by molar-refractivity contribution is -0.161. The fraction of sp³-hybridized carbons (Fsp3) is 0.895. The molecule has 9 heteroatoms. The molecular formula is C38H73O8P. The predicted molar refractivity (Wildman–Crippen MR) is 193 cm³/mol. The topological polar surface area (TPSA) is 108 Å². The monoisotopic (exact) mass is 689 g/mol. The lowest BCUT2D eigenvalue weighted by Gasteiger charge is -2.19. The summed E-state index contributed by atoms with van der Waals surface area (Å²) < 4.78 is 31.9. The van der Waals surface area contributed by atoms with E-state index in [4.69, 9.17) is 14.0 Å². The Morgan fingerprint density at radius 1 is 0.574 bits per heavy atom. The first-order chi connectivity index (χ1) is 22.8. The van der Waals surface area contributed by atoms with E-state index in [1.807, 2.05) is 0 Å². The lowest BCUT2D eigenvalue weighted by atomic mass is 10.0. The number of hydrogen-bond acceptors (Lipinski definition) is 7. The molecule has 47 heavy (non-hydrogen) atoms. The van der Waals surface area contributed by atoms with Crippen LogP contribution in [0.5, 0.6) is 0 Å². The summed E-state index contributed by atoms with van der Waals surface area (Å²) in [5.74, 6) is -0.806. The van der Waals surface area contributed by atoms with Crippen molar-refractivity contribution in [3.8, 4) is 0 Å². The van der Waals surface area contributed by atoms with Crippen molar-refractivity contribution in [3.63, 3.8) is 0 Å². The Bertz CT molecular complexity index is 788. The summed E-state index contributed by atoms with van der Waals surface area (Å²) >= 11 is 0. The first kappa shape index (κ1) is 45.8. The lowest BCUT2D eigenvalue weighted by Crippen LogP contribution is -2.29. The molecule has 0 radical (unpaired) electrons. The molecule has 2 unspecified atom stereocenters. The van der Waals surface area contributed by atoms with Gasteiger partial charge in [0.05, 0.1) is 6.61 Å². The molecule has 0 amide bonds. The van der Waals surface area contributed by atoms with Gasteiger partial charge in [0.25, 0.3) is 0 Å². The number of esters is 2. The third-order valence-electron chi connectivity index (χ3n) is 8.51. The second-order valence-corrected chi connectivity index (χ2v) is 14.6. The maximum absolute atomic E-state index is 12.4. The van der Waals surface area contributed by atoms with E-state index in [2.05, 4.69) is 30.5 Å². The number of allylic oxidation sites excluding steroid dienone is 2. The van der Waals surface area contributed by atoms with Gasteiger partial charge in [-0.05, 0) is 38.5 Å². The Hall–Kier alpha value is -1.21. The van der Waals surface area contributed by atoms with Crippen LogP contribution in [0.2, 0.25) is 0 Å². The fourth-order valence-corrected chi connectivity index (χ4v) is 5.94. The average molecular weight is 689 g/mol. The largest absolute Gasteiger partial charge is 0.472 e. The van der Waals surface area contributed by atoms with Gasteiger partial charge in [0, 0.05) is 20.0 Å². The Morgan fingerprint density at radius 2 is 0.957 bits per heavy atom. The molecule has 2 atom stereocenters. The zero-order valence-corrected chi connectivity index (χ0v) is 31.6. The average Bonchev–Trinajstić information content (AvgIpc) is 3.06. The van der Waals surface area contributed by atoms with E-state index >= 15 is 0 Å². The van der Waals surface area contributed by atoms with Crippen LogP contribution in [-0.2, 0) is 32.7 Å². The van der Waals surface area contributed by atoms with Gasteiger partial charge < -0.3 is 14.4 Å². The molecule has 0 spiro atoms. The Kier molecular flexibility index (Phi) is 33.8. The second-order valence-electron chi connectivity index (χ2n) is 13.1. The van der Waals surface area contributed by atoms with Crippen molar-refractivity contribution in [1.82, 2.24) is 0 Å². The van der Waals surface area contributed by atoms with Crippen LogP contribution in [0.3, 0.4) is 0 Å². The minimum Gasteiger partial charge on any atom is -0.462 e. The molecule has 0 saturated heterocycles. The van der Waals surface area contributed by atoms with E-state index in [1.165, 1.54) is 109 Å². The van der Waals surface area contributed by atoms with Gasteiger partial charge in [0.15, 0.2) is 6.10 Å². The quantitative estimate of drug-likeness (QED) is 0.0300. The van der Waals surface area contributed by atoms with Crippen molar-refractivity contribution in [2.45, 2.75) is 200 Å². The van der Waals surface area contributed by atoms with Crippen LogP contribution in [0.25, 0.3) is 0 Å². The van der Waals surface area contributed by atoms with E-state index in [1.54, 1.807) is 0 Å². The van der Waals surface area contributed by atoms with Crippen LogP contribution in [0.15, 0.2) is 12.2 Å². The van der Waals surface area contributed by atoms with Crippen LogP contribution >= 0.6 is 7.82 Å². The van der Waals surface area contributed by atoms with Crippen LogP contribution in [-0.4, -0.2) is 43.3 Å². The summed E-state index contributed by atoms with van der Waals surface area (Å²) in [6, 6.07) is 0. The maximum Gasteiger partial charge on any atom is 0.472 e. The molecule has 0 fully saturated rings. The smallest absolute Gasteiger partial charge is 0.462 e. The molecule has 0 rings (SSSR count). The van der Waals surface area contributed by atoms with E-state index in [0.717, 1.165) is 58.5 Å². The highest BCUT2D eigenvalue weighted by molar-refractivity contribution is 7.47. The second kappa shape index (κ2) is 34.6. The summed E-state index contributed by atoms with van der Waals surface area (Å²) in [5, 5.41) is 0. The minimum atomic E-state index is -4.25. The van der Waals surface area contributed by atoms with Crippen molar-refractivity contribution in [1.29, 1.82) is 0 Å². The molecule has 0 bridgehead atoms. The molecule has 278 valence electrons. The molecule has 0 heterocycles. The first-order valence-corrected chi connectivity index (χ1v) is 20.9. The summed E-state index contributed by atoms with van der Waals surface area (Å²) in [5.41, 5.74) is 0.